The molecular weight excluding hydrogens is 306 g/mol. The Morgan fingerprint density at radius 1 is 1.33 bits per heavy atom. The number of aromatic nitrogens is 1. The van der Waals surface area contributed by atoms with E-state index in [1.165, 1.54) is 0 Å². The molecule has 1 aromatic heterocycles. The second kappa shape index (κ2) is 6.86. The summed E-state index contributed by atoms with van der Waals surface area (Å²) in [5.74, 6) is 0.339. The first-order valence-corrected chi connectivity index (χ1v) is 8.10. The lowest BCUT2D eigenvalue weighted by Gasteiger charge is -2.16. The van der Waals surface area contributed by atoms with E-state index in [9.17, 15) is 9.59 Å². The van der Waals surface area contributed by atoms with Crippen LogP contribution in [0.1, 0.15) is 23.4 Å². The molecule has 1 unspecified atom stereocenters. The fourth-order valence-corrected chi connectivity index (χ4v) is 2.84. The first-order valence-electron chi connectivity index (χ1n) is 8.10. The summed E-state index contributed by atoms with van der Waals surface area (Å²) in [6, 6.07) is 9.62. The van der Waals surface area contributed by atoms with Crippen molar-refractivity contribution in [3.63, 3.8) is 0 Å². The van der Waals surface area contributed by atoms with Gasteiger partial charge in [0.1, 0.15) is 5.76 Å². The number of hydrogen-bond acceptors (Lipinski definition) is 4. The zero-order valence-electron chi connectivity index (χ0n) is 13.9. The largest absolute Gasteiger partial charge is 0.361 e. The van der Waals surface area contributed by atoms with Gasteiger partial charge in [0.05, 0.1) is 11.6 Å². The molecule has 0 saturated carbocycles. The number of amides is 2. The number of benzene rings is 1. The zero-order valence-corrected chi connectivity index (χ0v) is 13.9. The van der Waals surface area contributed by atoms with Crippen molar-refractivity contribution in [3.05, 3.63) is 47.3 Å². The van der Waals surface area contributed by atoms with Crippen LogP contribution in [0.2, 0.25) is 0 Å². The molecule has 2 aromatic rings. The van der Waals surface area contributed by atoms with E-state index >= 15 is 0 Å². The molecule has 2 amide bonds. The highest BCUT2D eigenvalue weighted by Gasteiger charge is 2.34. The Morgan fingerprint density at radius 2 is 2.08 bits per heavy atom. The van der Waals surface area contributed by atoms with E-state index in [0.717, 1.165) is 22.7 Å². The van der Waals surface area contributed by atoms with Crippen molar-refractivity contribution in [1.82, 2.24) is 10.5 Å². The van der Waals surface area contributed by atoms with Crippen molar-refractivity contribution in [1.29, 1.82) is 0 Å². The smallest absolute Gasteiger partial charge is 0.227 e. The van der Waals surface area contributed by atoms with Gasteiger partial charge in [-0.1, -0.05) is 22.9 Å². The summed E-state index contributed by atoms with van der Waals surface area (Å²) in [5.41, 5.74) is 2.81. The van der Waals surface area contributed by atoms with Gasteiger partial charge in [-0.05, 0) is 26.0 Å². The number of nitrogens with zero attached hydrogens (tertiary/aromatic N) is 2. The third-order valence-corrected chi connectivity index (χ3v) is 4.19. The molecule has 1 saturated heterocycles. The zero-order chi connectivity index (χ0) is 17.1. The predicted octanol–water partition coefficient (Wildman–Crippen LogP) is 2.00. The Labute approximate surface area is 140 Å². The molecule has 0 aliphatic carbocycles. The van der Waals surface area contributed by atoms with E-state index in [1.807, 2.05) is 44.2 Å². The van der Waals surface area contributed by atoms with Crippen molar-refractivity contribution < 1.29 is 14.1 Å². The highest BCUT2D eigenvalue weighted by Crippen LogP contribution is 2.25. The second-order valence-corrected chi connectivity index (χ2v) is 6.22. The highest BCUT2D eigenvalue weighted by molar-refractivity contribution is 6.00. The monoisotopic (exact) mass is 327 g/mol. The van der Waals surface area contributed by atoms with Gasteiger partial charge in [0, 0.05) is 37.7 Å². The van der Waals surface area contributed by atoms with Crippen LogP contribution in [-0.4, -0.2) is 30.1 Å². The fraction of sp³-hybridized carbons (Fsp3) is 0.389. The van der Waals surface area contributed by atoms with E-state index < -0.39 is 0 Å². The van der Waals surface area contributed by atoms with Gasteiger partial charge in [-0.3, -0.25) is 9.59 Å². The molecule has 126 valence electrons. The van der Waals surface area contributed by atoms with Crippen LogP contribution < -0.4 is 10.2 Å². The normalized spacial score (nSPS) is 17.3. The third kappa shape index (κ3) is 3.64. The van der Waals surface area contributed by atoms with Gasteiger partial charge in [-0.2, -0.15) is 0 Å². The van der Waals surface area contributed by atoms with Crippen molar-refractivity contribution >= 4 is 17.5 Å². The first-order chi connectivity index (χ1) is 11.5. The van der Waals surface area contributed by atoms with E-state index in [0.29, 0.717) is 19.5 Å². The summed E-state index contributed by atoms with van der Waals surface area (Å²) in [5, 5.41) is 6.69. The maximum absolute atomic E-state index is 12.3. The van der Waals surface area contributed by atoms with E-state index in [1.54, 1.807) is 4.90 Å². The average Bonchev–Trinajstić information content (AvgIpc) is 3.14. The van der Waals surface area contributed by atoms with Gasteiger partial charge in [0.15, 0.2) is 0 Å². The lowest BCUT2D eigenvalue weighted by molar-refractivity contribution is -0.126. The molecule has 0 radical (unpaired) electrons. The average molecular weight is 327 g/mol. The second-order valence-electron chi connectivity index (χ2n) is 6.22. The van der Waals surface area contributed by atoms with Gasteiger partial charge in [-0.25, -0.2) is 0 Å². The number of nitrogens with one attached hydrogen (secondary N) is 1. The summed E-state index contributed by atoms with van der Waals surface area (Å²) in [7, 11) is 0. The van der Waals surface area contributed by atoms with Crippen LogP contribution in [0.15, 0.2) is 34.9 Å². The fourth-order valence-electron chi connectivity index (χ4n) is 2.84. The molecule has 1 N–H and O–H groups in total. The molecule has 1 aliphatic rings. The topological polar surface area (TPSA) is 75.4 Å². The number of carbonyl (C=O) groups is 2. The standard InChI is InChI=1S/C18H21N3O3/c1-12-3-5-15(6-4-12)21-11-14(10-17(21)22)18(23)19-8-7-16-9-13(2)20-24-16/h3-6,9,14H,7-8,10-11H2,1-2H3,(H,19,23). The van der Waals surface area contributed by atoms with E-state index in [2.05, 4.69) is 10.5 Å². The van der Waals surface area contributed by atoms with Gasteiger partial charge in [-0.15, -0.1) is 0 Å². The van der Waals surface area contributed by atoms with Crippen LogP contribution >= 0.6 is 0 Å². The van der Waals surface area contributed by atoms with Gasteiger partial charge >= 0.3 is 0 Å². The molecule has 2 heterocycles. The molecule has 6 nitrogen and oxygen atoms in total. The highest BCUT2D eigenvalue weighted by atomic mass is 16.5. The Kier molecular flexibility index (Phi) is 4.64. The number of anilines is 1. The van der Waals surface area contributed by atoms with Crippen molar-refractivity contribution in [2.24, 2.45) is 5.92 Å². The minimum atomic E-state index is -0.310. The SMILES string of the molecule is Cc1ccc(N2CC(C(=O)NCCc3cc(C)no3)CC2=O)cc1. The van der Waals surface area contributed by atoms with Crippen LogP contribution in [0.4, 0.5) is 5.69 Å². The molecule has 0 bridgehead atoms. The minimum absolute atomic E-state index is 0.00939. The molecule has 24 heavy (non-hydrogen) atoms. The molecule has 1 fully saturated rings. The quantitative estimate of drug-likeness (QED) is 0.911. The summed E-state index contributed by atoms with van der Waals surface area (Å²) in [4.78, 5) is 26.2. The first kappa shape index (κ1) is 16.2. The predicted molar refractivity (Wildman–Crippen MR) is 89.6 cm³/mol. The molecule has 6 heteroatoms. The molecule has 0 spiro atoms. The summed E-state index contributed by atoms with van der Waals surface area (Å²) in [6.07, 6.45) is 0.843. The van der Waals surface area contributed by atoms with E-state index in [-0.39, 0.29) is 24.2 Å². The number of carbonyl (C=O) groups excluding carboxylic acids is 2. The maximum atomic E-state index is 12.3. The Morgan fingerprint density at radius 3 is 2.75 bits per heavy atom. The Bertz CT molecular complexity index is 736. The van der Waals surface area contributed by atoms with Crippen LogP contribution in [-0.2, 0) is 16.0 Å². The third-order valence-electron chi connectivity index (χ3n) is 4.19. The lowest BCUT2D eigenvalue weighted by atomic mass is 10.1. The van der Waals surface area contributed by atoms with Crippen LogP contribution in [0.5, 0.6) is 0 Å². The summed E-state index contributed by atoms with van der Waals surface area (Å²) < 4.78 is 5.11. The summed E-state index contributed by atoms with van der Waals surface area (Å²) in [6.45, 7) is 4.76. The Hall–Kier alpha value is -2.63. The molecule has 1 aromatic carbocycles. The van der Waals surface area contributed by atoms with Gasteiger partial charge in [0.25, 0.3) is 0 Å². The van der Waals surface area contributed by atoms with E-state index in [4.69, 9.17) is 4.52 Å². The van der Waals surface area contributed by atoms with Crippen LogP contribution in [0.3, 0.4) is 0 Å². The molecule has 1 atom stereocenters. The molecule has 1 aliphatic heterocycles. The van der Waals surface area contributed by atoms with Crippen LogP contribution in [0.25, 0.3) is 0 Å². The van der Waals surface area contributed by atoms with Crippen molar-refractivity contribution in [3.8, 4) is 0 Å². The summed E-state index contributed by atoms with van der Waals surface area (Å²) >= 11 is 0. The number of hydrogen-bond donors (Lipinski definition) is 1. The molecule has 3 rings (SSSR count). The number of rotatable bonds is 5. The molecular formula is C18H21N3O3. The van der Waals surface area contributed by atoms with Crippen molar-refractivity contribution in [2.45, 2.75) is 26.7 Å². The van der Waals surface area contributed by atoms with Gasteiger partial charge < -0.3 is 14.7 Å². The lowest BCUT2D eigenvalue weighted by Crippen LogP contribution is -2.34. The van der Waals surface area contributed by atoms with Crippen molar-refractivity contribution in [2.75, 3.05) is 18.0 Å². The maximum Gasteiger partial charge on any atom is 0.227 e. The number of aryl methyl sites for hydroxylation is 2. The minimum Gasteiger partial charge on any atom is -0.361 e. The van der Waals surface area contributed by atoms with Gasteiger partial charge in [0.2, 0.25) is 11.8 Å². The van der Waals surface area contributed by atoms with Crippen LogP contribution in [0, 0.1) is 19.8 Å². The Balaban J connectivity index is 1.53.